The van der Waals surface area contributed by atoms with Gasteiger partial charge in [-0.3, -0.25) is 0 Å². The summed E-state index contributed by atoms with van der Waals surface area (Å²) in [5.74, 6) is 0.258. The van der Waals surface area contributed by atoms with Gasteiger partial charge in [0.25, 0.3) is 0 Å². The third-order valence-corrected chi connectivity index (χ3v) is 1.98. The van der Waals surface area contributed by atoms with Crippen LogP contribution in [0.25, 0.3) is 0 Å². The van der Waals surface area contributed by atoms with Crippen molar-refractivity contribution in [2.75, 3.05) is 6.61 Å². The number of aliphatic hydroxyl groups is 1. The van der Waals surface area contributed by atoms with E-state index in [0.717, 1.165) is 6.42 Å². The summed E-state index contributed by atoms with van der Waals surface area (Å²) in [7, 11) is 0. The zero-order valence-electron chi connectivity index (χ0n) is 7.53. The van der Waals surface area contributed by atoms with Gasteiger partial charge in [0, 0.05) is 18.2 Å². The average molecular weight is 170 g/mol. The van der Waals surface area contributed by atoms with Crippen molar-refractivity contribution in [2.45, 2.75) is 13.3 Å². The molecule has 3 heteroatoms. The molecule has 0 fully saturated rings. The molecule has 0 saturated carbocycles. The topological polar surface area (TPSA) is 72.3 Å². The molecular formula is C9H18N2O. The fraction of sp³-hybridized carbons (Fsp3) is 0.556. The summed E-state index contributed by atoms with van der Waals surface area (Å²) < 4.78 is 0. The number of hydrogen-bond acceptors (Lipinski definition) is 3. The van der Waals surface area contributed by atoms with Crippen LogP contribution in [-0.4, -0.2) is 11.7 Å². The normalized spacial score (nSPS) is 16.2. The highest BCUT2D eigenvalue weighted by Gasteiger charge is 2.16. The van der Waals surface area contributed by atoms with Gasteiger partial charge < -0.3 is 16.6 Å². The molecule has 0 heterocycles. The SMILES string of the molecule is C=C(N)C(C/C=C\N)C(C)CO. The molecule has 0 aromatic heterocycles. The first kappa shape index (κ1) is 11.0. The Morgan fingerprint density at radius 3 is 2.58 bits per heavy atom. The van der Waals surface area contributed by atoms with Gasteiger partial charge in [0.1, 0.15) is 0 Å². The predicted molar refractivity (Wildman–Crippen MR) is 51.0 cm³/mol. The second-order valence-electron chi connectivity index (χ2n) is 3.01. The minimum absolute atomic E-state index is 0.120. The van der Waals surface area contributed by atoms with Gasteiger partial charge in [-0.2, -0.15) is 0 Å². The summed E-state index contributed by atoms with van der Waals surface area (Å²) >= 11 is 0. The fourth-order valence-corrected chi connectivity index (χ4v) is 1.10. The van der Waals surface area contributed by atoms with E-state index in [4.69, 9.17) is 16.6 Å². The maximum Gasteiger partial charge on any atom is 0.0463 e. The maximum atomic E-state index is 8.90. The molecule has 0 aliphatic rings. The van der Waals surface area contributed by atoms with Gasteiger partial charge in [-0.25, -0.2) is 0 Å². The predicted octanol–water partition coefficient (Wildman–Crippen LogP) is 0.566. The van der Waals surface area contributed by atoms with Gasteiger partial charge in [0.2, 0.25) is 0 Å². The van der Waals surface area contributed by atoms with E-state index in [0.29, 0.717) is 5.70 Å². The van der Waals surface area contributed by atoms with Crippen LogP contribution in [0.4, 0.5) is 0 Å². The summed E-state index contributed by atoms with van der Waals surface area (Å²) in [6, 6.07) is 0. The second kappa shape index (κ2) is 5.66. The average Bonchev–Trinajstić information content (AvgIpc) is 2.04. The molecule has 0 saturated heterocycles. The second-order valence-corrected chi connectivity index (χ2v) is 3.01. The van der Waals surface area contributed by atoms with Gasteiger partial charge in [-0.15, -0.1) is 0 Å². The highest BCUT2D eigenvalue weighted by Crippen LogP contribution is 2.20. The summed E-state index contributed by atoms with van der Waals surface area (Å²) in [6.07, 6.45) is 4.06. The Bertz CT molecular complexity index is 166. The molecular weight excluding hydrogens is 152 g/mol. The summed E-state index contributed by atoms with van der Waals surface area (Å²) in [4.78, 5) is 0. The van der Waals surface area contributed by atoms with Crippen molar-refractivity contribution in [3.8, 4) is 0 Å². The number of hydrogen-bond donors (Lipinski definition) is 3. The highest BCUT2D eigenvalue weighted by atomic mass is 16.3. The van der Waals surface area contributed by atoms with Crippen LogP contribution in [0.1, 0.15) is 13.3 Å². The van der Waals surface area contributed by atoms with E-state index >= 15 is 0 Å². The summed E-state index contributed by atoms with van der Waals surface area (Å²) in [6.45, 7) is 5.73. The van der Waals surface area contributed by atoms with E-state index in [9.17, 15) is 0 Å². The zero-order chi connectivity index (χ0) is 9.56. The first-order valence-electron chi connectivity index (χ1n) is 4.05. The van der Waals surface area contributed by atoms with E-state index in [2.05, 4.69) is 6.58 Å². The van der Waals surface area contributed by atoms with Crippen LogP contribution >= 0.6 is 0 Å². The Morgan fingerprint density at radius 2 is 2.25 bits per heavy atom. The number of allylic oxidation sites excluding steroid dienone is 2. The monoisotopic (exact) mass is 170 g/mol. The van der Waals surface area contributed by atoms with Crippen LogP contribution in [0.3, 0.4) is 0 Å². The van der Waals surface area contributed by atoms with Gasteiger partial charge in [0.05, 0.1) is 0 Å². The molecule has 0 aliphatic heterocycles. The van der Waals surface area contributed by atoms with Crippen LogP contribution in [0.2, 0.25) is 0 Å². The molecule has 5 N–H and O–H groups in total. The van der Waals surface area contributed by atoms with Crippen LogP contribution in [0.15, 0.2) is 24.6 Å². The molecule has 0 aliphatic carbocycles. The lowest BCUT2D eigenvalue weighted by Crippen LogP contribution is -2.21. The van der Waals surface area contributed by atoms with Crippen molar-refractivity contribution < 1.29 is 5.11 Å². The number of aliphatic hydroxyl groups excluding tert-OH is 1. The molecule has 0 amide bonds. The van der Waals surface area contributed by atoms with E-state index in [1.54, 1.807) is 0 Å². The molecule has 3 nitrogen and oxygen atoms in total. The first-order chi connectivity index (χ1) is 5.63. The molecule has 0 spiro atoms. The molecule has 0 rings (SSSR count). The minimum atomic E-state index is 0.120. The van der Waals surface area contributed by atoms with E-state index in [1.165, 1.54) is 6.20 Å². The largest absolute Gasteiger partial charge is 0.405 e. The van der Waals surface area contributed by atoms with Crippen molar-refractivity contribution in [3.63, 3.8) is 0 Å². The lowest BCUT2D eigenvalue weighted by Gasteiger charge is -2.20. The van der Waals surface area contributed by atoms with Crippen LogP contribution in [0, 0.1) is 11.8 Å². The maximum absolute atomic E-state index is 8.90. The van der Waals surface area contributed by atoms with Crippen molar-refractivity contribution in [3.05, 3.63) is 24.6 Å². The Labute approximate surface area is 73.8 Å². The third kappa shape index (κ3) is 3.44. The van der Waals surface area contributed by atoms with Crippen LogP contribution in [-0.2, 0) is 0 Å². The Balaban J connectivity index is 4.12. The lowest BCUT2D eigenvalue weighted by molar-refractivity contribution is 0.202. The van der Waals surface area contributed by atoms with Crippen LogP contribution in [0.5, 0.6) is 0 Å². The highest BCUT2D eigenvalue weighted by molar-refractivity contribution is 5.00. The molecule has 70 valence electrons. The van der Waals surface area contributed by atoms with Gasteiger partial charge in [-0.05, 0) is 18.5 Å². The minimum Gasteiger partial charge on any atom is -0.405 e. The Morgan fingerprint density at radius 1 is 1.67 bits per heavy atom. The lowest BCUT2D eigenvalue weighted by atomic mass is 9.89. The van der Waals surface area contributed by atoms with Crippen molar-refractivity contribution in [1.29, 1.82) is 0 Å². The smallest absolute Gasteiger partial charge is 0.0463 e. The summed E-state index contributed by atoms with van der Waals surface area (Å²) in [5.41, 5.74) is 11.4. The Hall–Kier alpha value is -0.960. The number of rotatable bonds is 5. The molecule has 0 bridgehead atoms. The van der Waals surface area contributed by atoms with Gasteiger partial charge >= 0.3 is 0 Å². The van der Waals surface area contributed by atoms with Gasteiger partial charge in [-0.1, -0.05) is 19.6 Å². The van der Waals surface area contributed by atoms with E-state index in [1.807, 2.05) is 13.0 Å². The molecule has 2 unspecified atom stereocenters. The molecule has 0 radical (unpaired) electrons. The zero-order valence-corrected chi connectivity index (χ0v) is 7.53. The molecule has 0 aromatic carbocycles. The summed E-state index contributed by atoms with van der Waals surface area (Å²) in [5, 5.41) is 8.90. The third-order valence-electron chi connectivity index (χ3n) is 1.98. The molecule has 12 heavy (non-hydrogen) atoms. The molecule has 0 aromatic rings. The van der Waals surface area contributed by atoms with Crippen molar-refractivity contribution >= 4 is 0 Å². The van der Waals surface area contributed by atoms with Gasteiger partial charge in [0.15, 0.2) is 0 Å². The first-order valence-corrected chi connectivity index (χ1v) is 4.05. The number of nitrogens with two attached hydrogens (primary N) is 2. The van der Waals surface area contributed by atoms with E-state index < -0.39 is 0 Å². The fourth-order valence-electron chi connectivity index (χ4n) is 1.10. The van der Waals surface area contributed by atoms with Crippen molar-refractivity contribution in [1.82, 2.24) is 0 Å². The molecule has 2 atom stereocenters. The van der Waals surface area contributed by atoms with Crippen LogP contribution < -0.4 is 11.5 Å². The quantitative estimate of drug-likeness (QED) is 0.564. The Kier molecular flexibility index (Phi) is 5.21. The van der Waals surface area contributed by atoms with Crippen molar-refractivity contribution in [2.24, 2.45) is 23.3 Å². The standard InChI is InChI=1S/C9H18N2O/c1-7(6-12)9(8(2)11)4-3-5-10/h3,5,7,9,12H,2,4,6,10-11H2,1H3/b5-3-. The van der Waals surface area contributed by atoms with E-state index in [-0.39, 0.29) is 18.4 Å².